The Hall–Kier alpha value is -2.68. The second-order valence-corrected chi connectivity index (χ2v) is 6.46. The lowest BCUT2D eigenvalue weighted by molar-refractivity contribution is 0.0696. The van der Waals surface area contributed by atoms with E-state index in [1.807, 2.05) is 6.92 Å². The molecule has 9 heteroatoms. The van der Waals surface area contributed by atoms with Crippen LogP contribution in [0.15, 0.2) is 35.4 Å². The van der Waals surface area contributed by atoms with Crippen LogP contribution in [0.25, 0.3) is 0 Å². The van der Waals surface area contributed by atoms with Crippen molar-refractivity contribution in [3.8, 4) is 5.88 Å². The molecule has 0 atom stereocenters. The molecular weight excluding hydrogens is 339 g/mol. The molecule has 0 unspecified atom stereocenters. The number of aromatic carboxylic acids is 1. The van der Waals surface area contributed by atoms with Crippen LogP contribution < -0.4 is 9.46 Å². The van der Waals surface area contributed by atoms with Crippen LogP contribution in [0, 0.1) is 5.82 Å². The van der Waals surface area contributed by atoms with Gasteiger partial charge in [-0.25, -0.2) is 22.6 Å². The number of nitrogens with zero attached hydrogens (tertiary/aromatic N) is 1. The molecule has 0 radical (unpaired) electrons. The molecular formula is C15H15FN2O5S. The van der Waals surface area contributed by atoms with Gasteiger partial charge in [-0.05, 0) is 36.2 Å². The van der Waals surface area contributed by atoms with Crippen molar-refractivity contribution in [3.05, 3.63) is 47.4 Å². The van der Waals surface area contributed by atoms with Gasteiger partial charge in [0.15, 0.2) is 0 Å². The van der Waals surface area contributed by atoms with Gasteiger partial charge in [0.25, 0.3) is 10.0 Å². The van der Waals surface area contributed by atoms with Gasteiger partial charge in [0, 0.05) is 6.20 Å². The number of hydrogen-bond donors (Lipinski definition) is 2. The highest BCUT2D eigenvalue weighted by molar-refractivity contribution is 7.92. The summed E-state index contributed by atoms with van der Waals surface area (Å²) in [6, 6.07) is 4.04. The van der Waals surface area contributed by atoms with E-state index in [1.54, 1.807) is 0 Å². The third-order valence-corrected chi connectivity index (χ3v) is 4.60. The van der Waals surface area contributed by atoms with Gasteiger partial charge in [-0.3, -0.25) is 4.72 Å². The molecule has 0 aliphatic heterocycles. The van der Waals surface area contributed by atoms with E-state index in [4.69, 9.17) is 9.84 Å². The number of hydrogen-bond acceptors (Lipinski definition) is 5. The van der Waals surface area contributed by atoms with E-state index < -0.39 is 26.7 Å². The van der Waals surface area contributed by atoms with Crippen LogP contribution in [0.5, 0.6) is 5.88 Å². The first-order chi connectivity index (χ1) is 11.3. The van der Waals surface area contributed by atoms with Crippen LogP contribution in [0.2, 0.25) is 0 Å². The van der Waals surface area contributed by atoms with E-state index in [-0.39, 0.29) is 17.1 Å². The highest BCUT2D eigenvalue weighted by Gasteiger charge is 2.23. The number of carboxylic acids is 1. The maximum absolute atomic E-state index is 13.9. The third-order valence-electron chi connectivity index (χ3n) is 3.22. The summed E-state index contributed by atoms with van der Waals surface area (Å²) < 4.78 is 46.0. The van der Waals surface area contributed by atoms with Crippen molar-refractivity contribution >= 4 is 21.7 Å². The Morgan fingerprint density at radius 3 is 2.67 bits per heavy atom. The summed E-state index contributed by atoms with van der Waals surface area (Å²) in [7, 11) is -3.05. The van der Waals surface area contributed by atoms with E-state index in [0.717, 1.165) is 23.8 Å². The molecule has 128 valence electrons. The fraction of sp³-hybridized carbons (Fsp3) is 0.200. The lowest BCUT2D eigenvalue weighted by Crippen LogP contribution is -2.16. The molecule has 0 aliphatic carbocycles. The monoisotopic (exact) mass is 354 g/mol. The van der Waals surface area contributed by atoms with Crippen molar-refractivity contribution in [2.75, 3.05) is 11.8 Å². The minimum absolute atomic E-state index is 0.0190. The number of nitrogens with one attached hydrogen (secondary N) is 1. The van der Waals surface area contributed by atoms with E-state index in [9.17, 15) is 17.6 Å². The third kappa shape index (κ3) is 3.62. The zero-order chi connectivity index (χ0) is 17.9. The SMILES string of the molecule is CCc1cnc(OC)c(NS(=O)(=O)c2cc(C(=O)O)ccc2F)c1. The summed E-state index contributed by atoms with van der Waals surface area (Å²) in [5, 5.41) is 8.94. The fourth-order valence-electron chi connectivity index (χ4n) is 1.97. The van der Waals surface area contributed by atoms with Crippen LogP contribution in [-0.4, -0.2) is 31.6 Å². The highest BCUT2D eigenvalue weighted by Crippen LogP contribution is 2.27. The maximum Gasteiger partial charge on any atom is 0.335 e. The molecule has 0 saturated carbocycles. The summed E-state index contributed by atoms with van der Waals surface area (Å²) in [6.07, 6.45) is 2.14. The van der Waals surface area contributed by atoms with Gasteiger partial charge in [-0.1, -0.05) is 6.92 Å². The molecule has 0 aliphatic rings. The topological polar surface area (TPSA) is 106 Å². The molecule has 24 heavy (non-hydrogen) atoms. The van der Waals surface area contributed by atoms with Crippen molar-refractivity contribution in [2.45, 2.75) is 18.2 Å². The number of carboxylic acid groups (broad SMARTS) is 1. The second-order valence-electron chi connectivity index (χ2n) is 4.81. The lowest BCUT2D eigenvalue weighted by atomic mass is 10.2. The molecule has 2 N–H and O–H groups in total. The van der Waals surface area contributed by atoms with Crippen LogP contribution in [0.4, 0.5) is 10.1 Å². The van der Waals surface area contributed by atoms with Crippen molar-refractivity contribution in [1.29, 1.82) is 0 Å². The Kier molecular flexibility index (Phi) is 5.03. The first-order valence-corrected chi connectivity index (χ1v) is 8.35. The largest absolute Gasteiger partial charge is 0.480 e. The van der Waals surface area contributed by atoms with Gasteiger partial charge in [-0.15, -0.1) is 0 Å². The number of aryl methyl sites for hydroxylation is 1. The quantitative estimate of drug-likeness (QED) is 0.824. The average molecular weight is 354 g/mol. The van der Waals surface area contributed by atoms with E-state index in [2.05, 4.69) is 9.71 Å². The number of anilines is 1. The molecule has 0 saturated heterocycles. The molecule has 1 heterocycles. The van der Waals surface area contributed by atoms with Crippen LogP contribution >= 0.6 is 0 Å². The Morgan fingerprint density at radius 2 is 2.08 bits per heavy atom. The number of ether oxygens (including phenoxy) is 1. The second kappa shape index (κ2) is 6.83. The summed E-state index contributed by atoms with van der Waals surface area (Å²) in [5.41, 5.74) is 0.439. The zero-order valence-corrected chi connectivity index (χ0v) is 13.7. The number of aromatic nitrogens is 1. The van der Waals surface area contributed by atoms with Crippen LogP contribution in [0.1, 0.15) is 22.8 Å². The van der Waals surface area contributed by atoms with Crippen molar-refractivity contribution in [2.24, 2.45) is 0 Å². The molecule has 0 amide bonds. The van der Waals surface area contributed by atoms with Gasteiger partial charge in [0.1, 0.15) is 16.4 Å². The molecule has 7 nitrogen and oxygen atoms in total. The Morgan fingerprint density at radius 1 is 1.38 bits per heavy atom. The van der Waals surface area contributed by atoms with Crippen molar-refractivity contribution < 1.29 is 27.4 Å². The first-order valence-electron chi connectivity index (χ1n) is 6.87. The van der Waals surface area contributed by atoms with Gasteiger partial charge < -0.3 is 9.84 Å². The predicted octanol–water partition coefficient (Wildman–Crippen LogP) is 2.29. The van der Waals surface area contributed by atoms with Gasteiger partial charge in [0.05, 0.1) is 12.7 Å². The Balaban J connectivity index is 2.49. The van der Waals surface area contributed by atoms with Crippen molar-refractivity contribution in [3.63, 3.8) is 0 Å². The summed E-state index contributed by atoms with van der Waals surface area (Å²) >= 11 is 0. The van der Waals surface area contributed by atoms with Gasteiger partial charge in [0.2, 0.25) is 5.88 Å². The number of halogens is 1. The van der Waals surface area contributed by atoms with Crippen LogP contribution in [0.3, 0.4) is 0 Å². The minimum Gasteiger partial charge on any atom is -0.480 e. The lowest BCUT2D eigenvalue weighted by Gasteiger charge is -2.13. The molecule has 1 aromatic heterocycles. The highest BCUT2D eigenvalue weighted by atomic mass is 32.2. The number of carbonyl (C=O) groups is 1. The number of methoxy groups -OCH3 is 1. The maximum atomic E-state index is 13.9. The standard InChI is InChI=1S/C15H15FN2O5S/c1-3-9-6-12(14(23-2)17-8-9)18-24(21,22)13-7-10(15(19)20)4-5-11(13)16/h4-8,18H,3H2,1-2H3,(H,19,20). The number of pyridine rings is 1. The van der Waals surface area contributed by atoms with Crippen LogP contribution in [-0.2, 0) is 16.4 Å². The smallest absolute Gasteiger partial charge is 0.335 e. The van der Waals surface area contributed by atoms with Gasteiger partial charge in [-0.2, -0.15) is 0 Å². The molecule has 2 aromatic rings. The predicted molar refractivity (Wildman–Crippen MR) is 84.3 cm³/mol. The van der Waals surface area contributed by atoms with Crippen molar-refractivity contribution in [1.82, 2.24) is 4.98 Å². The number of rotatable bonds is 6. The first kappa shape index (κ1) is 17.7. The molecule has 0 spiro atoms. The van der Waals surface area contributed by atoms with E-state index in [1.165, 1.54) is 19.4 Å². The summed E-state index contributed by atoms with van der Waals surface area (Å²) in [6.45, 7) is 1.86. The summed E-state index contributed by atoms with van der Waals surface area (Å²) in [4.78, 5) is 14.2. The number of sulfonamides is 1. The average Bonchev–Trinajstić information content (AvgIpc) is 2.54. The minimum atomic E-state index is -4.37. The number of benzene rings is 1. The fourth-order valence-corrected chi connectivity index (χ4v) is 3.12. The zero-order valence-electron chi connectivity index (χ0n) is 12.9. The molecule has 0 fully saturated rings. The van der Waals surface area contributed by atoms with Gasteiger partial charge >= 0.3 is 5.97 Å². The molecule has 0 bridgehead atoms. The Bertz CT molecular complexity index is 883. The van der Waals surface area contributed by atoms with E-state index >= 15 is 0 Å². The van der Waals surface area contributed by atoms with E-state index in [0.29, 0.717) is 6.42 Å². The normalized spacial score (nSPS) is 11.1. The summed E-state index contributed by atoms with van der Waals surface area (Å²) in [5.74, 6) is -2.41. The molecule has 1 aromatic carbocycles. The Labute approximate surface area is 138 Å². The molecule has 2 rings (SSSR count).